The van der Waals surface area contributed by atoms with Crippen molar-refractivity contribution in [1.82, 2.24) is 9.55 Å². The van der Waals surface area contributed by atoms with Crippen molar-refractivity contribution in [2.24, 2.45) is 0 Å². The van der Waals surface area contributed by atoms with Crippen molar-refractivity contribution in [2.45, 2.75) is 6.54 Å². The molecule has 2 aromatic rings. The van der Waals surface area contributed by atoms with E-state index in [1.807, 2.05) is 0 Å². The molecule has 0 saturated carbocycles. The van der Waals surface area contributed by atoms with Crippen molar-refractivity contribution < 1.29 is 14.7 Å². The summed E-state index contributed by atoms with van der Waals surface area (Å²) in [7, 11) is 0. The predicted octanol–water partition coefficient (Wildman–Crippen LogP) is 1.70. The van der Waals surface area contributed by atoms with E-state index in [4.69, 9.17) is 5.11 Å². The standard InChI is InChI=1S/C10H7BrN2O3/c11-7-1-2-12-10-9(7)6(5-14)3-13(10)4-8(15)16/h1-3,5H,4H2,(H,15,16). The molecule has 6 heteroatoms. The molecule has 0 fully saturated rings. The minimum absolute atomic E-state index is 0.214. The van der Waals surface area contributed by atoms with E-state index in [-0.39, 0.29) is 6.54 Å². The Bertz CT molecular complexity index is 577. The van der Waals surface area contributed by atoms with Gasteiger partial charge in [-0.3, -0.25) is 9.59 Å². The number of carboxylic acid groups (broad SMARTS) is 1. The maximum Gasteiger partial charge on any atom is 0.323 e. The topological polar surface area (TPSA) is 72.2 Å². The molecule has 2 rings (SSSR count). The quantitative estimate of drug-likeness (QED) is 0.870. The average Bonchev–Trinajstić information content (AvgIpc) is 2.57. The van der Waals surface area contributed by atoms with Crippen molar-refractivity contribution in [3.8, 4) is 0 Å². The zero-order chi connectivity index (χ0) is 11.7. The van der Waals surface area contributed by atoms with Crippen LogP contribution in [0.5, 0.6) is 0 Å². The number of aromatic nitrogens is 2. The van der Waals surface area contributed by atoms with E-state index in [2.05, 4.69) is 20.9 Å². The van der Waals surface area contributed by atoms with Gasteiger partial charge in [0.2, 0.25) is 0 Å². The Balaban J connectivity index is 2.72. The summed E-state index contributed by atoms with van der Waals surface area (Å²) in [5, 5.41) is 9.37. The minimum Gasteiger partial charge on any atom is -0.480 e. The maximum absolute atomic E-state index is 10.9. The maximum atomic E-state index is 10.9. The van der Waals surface area contributed by atoms with Crippen LogP contribution < -0.4 is 0 Å². The van der Waals surface area contributed by atoms with Gasteiger partial charge in [-0.1, -0.05) is 0 Å². The van der Waals surface area contributed by atoms with Gasteiger partial charge in [0.05, 0.1) is 0 Å². The SMILES string of the molecule is O=Cc1cn(CC(=O)O)c2nccc(Br)c12. The van der Waals surface area contributed by atoms with Crippen LogP contribution in [0, 0.1) is 0 Å². The highest BCUT2D eigenvalue weighted by molar-refractivity contribution is 9.10. The van der Waals surface area contributed by atoms with Crippen LogP contribution in [0.15, 0.2) is 22.9 Å². The van der Waals surface area contributed by atoms with Crippen LogP contribution in [0.3, 0.4) is 0 Å². The first kappa shape index (κ1) is 10.8. The number of carbonyl (C=O) groups excluding carboxylic acids is 1. The number of carbonyl (C=O) groups is 2. The van der Waals surface area contributed by atoms with Gasteiger partial charge in [0.15, 0.2) is 6.29 Å². The van der Waals surface area contributed by atoms with E-state index in [1.54, 1.807) is 12.3 Å². The second kappa shape index (κ2) is 4.05. The van der Waals surface area contributed by atoms with Gasteiger partial charge in [0, 0.05) is 27.8 Å². The van der Waals surface area contributed by atoms with Gasteiger partial charge in [0.1, 0.15) is 12.2 Å². The fourth-order valence-corrected chi connectivity index (χ4v) is 2.09. The zero-order valence-corrected chi connectivity index (χ0v) is 9.64. The number of rotatable bonds is 3. The summed E-state index contributed by atoms with van der Waals surface area (Å²) < 4.78 is 2.16. The summed E-state index contributed by atoms with van der Waals surface area (Å²) in [6, 6.07) is 1.71. The molecule has 0 unspecified atom stereocenters. The lowest BCUT2D eigenvalue weighted by molar-refractivity contribution is -0.137. The molecule has 1 N–H and O–H groups in total. The molecule has 2 heterocycles. The highest BCUT2D eigenvalue weighted by atomic mass is 79.9. The number of aldehydes is 1. The van der Waals surface area contributed by atoms with Crippen molar-refractivity contribution in [3.05, 3.63) is 28.5 Å². The van der Waals surface area contributed by atoms with Crippen molar-refractivity contribution >= 4 is 39.2 Å². The number of nitrogens with zero attached hydrogens (tertiary/aromatic N) is 2. The third kappa shape index (κ3) is 1.71. The summed E-state index contributed by atoms with van der Waals surface area (Å²) in [4.78, 5) is 25.6. The smallest absolute Gasteiger partial charge is 0.323 e. The molecule has 0 aliphatic rings. The fraction of sp³-hybridized carbons (Fsp3) is 0.100. The van der Waals surface area contributed by atoms with Gasteiger partial charge in [-0.2, -0.15) is 0 Å². The molecular weight excluding hydrogens is 276 g/mol. The van der Waals surface area contributed by atoms with E-state index in [9.17, 15) is 9.59 Å². The van der Waals surface area contributed by atoms with E-state index >= 15 is 0 Å². The molecule has 0 spiro atoms. The summed E-state index contributed by atoms with van der Waals surface area (Å²) in [5.74, 6) is -0.976. The number of hydrogen-bond donors (Lipinski definition) is 1. The molecule has 2 aromatic heterocycles. The largest absolute Gasteiger partial charge is 0.480 e. The first-order valence-corrected chi connectivity index (χ1v) is 5.23. The third-order valence-corrected chi connectivity index (χ3v) is 2.83. The fourth-order valence-electron chi connectivity index (χ4n) is 1.56. The van der Waals surface area contributed by atoms with Crippen LogP contribution in [0.1, 0.15) is 10.4 Å². The molecule has 0 atom stereocenters. The minimum atomic E-state index is -0.976. The highest BCUT2D eigenvalue weighted by Gasteiger charge is 2.13. The van der Waals surface area contributed by atoms with Crippen molar-refractivity contribution in [2.75, 3.05) is 0 Å². The lowest BCUT2D eigenvalue weighted by Crippen LogP contribution is -2.07. The zero-order valence-electron chi connectivity index (χ0n) is 8.05. The number of halogens is 1. The molecule has 0 amide bonds. The van der Waals surface area contributed by atoms with Crippen LogP contribution in [0.4, 0.5) is 0 Å². The summed E-state index contributed by atoms with van der Waals surface area (Å²) in [6.45, 7) is -0.214. The first-order chi connectivity index (χ1) is 7.63. The molecule has 0 bridgehead atoms. The number of carboxylic acids is 1. The van der Waals surface area contributed by atoms with E-state index in [1.165, 1.54) is 10.8 Å². The normalized spacial score (nSPS) is 10.6. The van der Waals surface area contributed by atoms with Gasteiger partial charge in [0.25, 0.3) is 0 Å². The second-order valence-corrected chi connectivity index (χ2v) is 4.07. The van der Waals surface area contributed by atoms with Gasteiger partial charge in [-0.05, 0) is 22.0 Å². The lowest BCUT2D eigenvalue weighted by atomic mass is 10.2. The molecule has 0 saturated heterocycles. The van der Waals surface area contributed by atoms with Crippen LogP contribution in [-0.4, -0.2) is 26.9 Å². The molecule has 0 aliphatic carbocycles. The molecule has 0 aromatic carbocycles. The summed E-state index contributed by atoms with van der Waals surface area (Å²) >= 11 is 3.31. The third-order valence-electron chi connectivity index (χ3n) is 2.17. The van der Waals surface area contributed by atoms with Crippen LogP contribution in [-0.2, 0) is 11.3 Å². The Labute approximate surface area is 98.8 Å². The highest BCUT2D eigenvalue weighted by Crippen LogP contribution is 2.26. The average molecular weight is 283 g/mol. The monoisotopic (exact) mass is 282 g/mol. The van der Waals surface area contributed by atoms with E-state index in [0.29, 0.717) is 22.9 Å². The Kier molecular flexibility index (Phi) is 2.74. The molecule has 0 radical (unpaired) electrons. The van der Waals surface area contributed by atoms with Crippen LogP contribution in [0.2, 0.25) is 0 Å². The number of pyridine rings is 1. The van der Waals surface area contributed by atoms with Gasteiger partial charge < -0.3 is 9.67 Å². The molecule has 82 valence electrons. The van der Waals surface area contributed by atoms with Crippen molar-refractivity contribution in [3.63, 3.8) is 0 Å². The van der Waals surface area contributed by atoms with Crippen molar-refractivity contribution in [1.29, 1.82) is 0 Å². The Morgan fingerprint density at radius 3 is 3.00 bits per heavy atom. The summed E-state index contributed by atoms with van der Waals surface area (Å²) in [5.41, 5.74) is 0.912. The Morgan fingerprint density at radius 2 is 2.38 bits per heavy atom. The van der Waals surface area contributed by atoms with Gasteiger partial charge in [-0.25, -0.2) is 4.98 Å². The molecule has 5 nitrogen and oxygen atoms in total. The molecule has 0 aliphatic heterocycles. The first-order valence-electron chi connectivity index (χ1n) is 4.44. The second-order valence-electron chi connectivity index (χ2n) is 3.22. The van der Waals surface area contributed by atoms with E-state index < -0.39 is 5.97 Å². The Morgan fingerprint density at radius 1 is 1.62 bits per heavy atom. The molecule has 16 heavy (non-hydrogen) atoms. The van der Waals surface area contributed by atoms with Gasteiger partial charge >= 0.3 is 5.97 Å². The molecular formula is C10H7BrN2O3. The van der Waals surface area contributed by atoms with E-state index in [0.717, 1.165) is 4.47 Å². The predicted molar refractivity (Wildman–Crippen MR) is 60.5 cm³/mol. The van der Waals surface area contributed by atoms with Gasteiger partial charge in [-0.15, -0.1) is 0 Å². The van der Waals surface area contributed by atoms with Crippen LogP contribution in [0.25, 0.3) is 11.0 Å². The number of hydrogen-bond acceptors (Lipinski definition) is 3. The number of fused-ring (bicyclic) bond motifs is 1. The van der Waals surface area contributed by atoms with Crippen LogP contribution >= 0.6 is 15.9 Å². The number of aliphatic carboxylic acids is 1. The lowest BCUT2D eigenvalue weighted by Gasteiger charge is -1.99. The summed E-state index contributed by atoms with van der Waals surface area (Å²) in [6.07, 6.45) is 3.73. The Hall–Kier alpha value is -1.69.